The molecule has 0 saturated heterocycles. The summed E-state index contributed by atoms with van der Waals surface area (Å²) in [4.78, 5) is 22.1. The topological polar surface area (TPSA) is 92.3 Å². The molecule has 2 aromatic heterocycles. The predicted octanol–water partition coefficient (Wildman–Crippen LogP) is 4.31. The summed E-state index contributed by atoms with van der Waals surface area (Å²) < 4.78 is 17.7. The maximum absolute atomic E-state index is 13.1. The van der Waals surface area contributed by atoms with Crippen molar-refractivity contribution >= 4 is 34.3 Å². The zero-order chi connectivity index (χ0) is 21.4. The molecule has 0 unspecified atom stereocenters. The first-order valence-corrected chi connectivity index (χ1v) is 10.6. The molecule has 0 radical (unpaired) electrons. The summed E-state index contributed by atoms with van der Waals surface area (Å²) in [6.07, 6.45) is 1.65. The van der Waals surface area contributed by atoms with Crippen LogP contribution in [0.5, 0.6) is 11.5 Å². The number of hydrogen-bond donors (Lipinski definition) is 0. The van der Waals surface area contributed by atoms with E-state index in [1.165, 1.54) is 11.8 Å². The Bertz CT molecular complexity index is 1350. The predicted molar refractivity (Wildman–Crippen MR) is 117 cm³/mol. The van der Waals surface area contributed by atoms with E-state index in [-0.39, 0.29) is 12.4 Å². The minimum atomic E-state index is -0.182. The molecule has 0 atom stereocenters. The number of nitrogens with zero attached hydrogens (tertiary/aromatic N) is 4. The Morgan fingerprint density at radius 3 is 2.71 bits per heavy atom. The largest absolute Gasteiger partial charge is 0.454 e. The first kappa shape index (κ1) is 19.7. The molecule has 0 spiro atoms. The van der Waals surface area contributed by atoms with E-state index in [0.717, 1.165) is 5.56 Å². The van der Waals surface area contributed by atoms with E-state index >= 15 is 0 Å². The maximum Gasteiger partial charge on any atom is 0.262 e. The van der Waals surface area contributed by atoms with Crippen LogP contribution in [-0.2, 0) is 12.3 Å². The molecule has 156 valence electrons. The van der Waals surface area contributed by atoms with Crippen molar-refractivity contribution in [2.45, 2.75) is 17.5 Å². The molecule has 31 heavy (non-hydrogen) atoms. The van der Waals surface area contributed by atoms with Crippen molar-refractivity contribution < 1.29 is 14.0 Å². The summed E-state index contributed by atoms with van der Waals surface area (Å²) in [7, 11) is 0. The summed E-state index contributed by atoms with van der Waals surface area (Å²) >= 11 is 7.25. The lowest BCUT2D eigenvalue weighted by molar-refractivity contribution is 0.174. The zero-order valence-electron chi connectivity index (χ0n) is 16.1. The molecule has 0 aliphatic carbocycles. The summed E-state index contributed by atoms with van der Waals surface area (Å²) in [5, 5.41) is 5.62. The molecule has 1 aliphatic heterocycles. The number of benzene rings is 2. The standard InChI is InChI=1S/C21H15ClN4O4S/c1-2-7-26-20(27)14-8-16-17(29-11-28-16)9-15(14)23-21(26)31-10-18-24-19(25-30-18)12-3-5-13(22)6-4-12/h2-6,8-9H,1,7,10-11H2. The van der Waals surface area contributed by atoms with E-state index in [9.17, 15) is 4.79 Å². The van der Waals surface area contributed by atoms with Crippen molar-refractivity contribution in [3.05, 3.63) is 70.3 Å². The van der Waals surface area contributed by atoms with Gasteiger partial charge in [-0.3, -0.25) is 9.36 Å². The summed E-state index contributed by atoms with van der Waals surface area (Å²) in [6, 6.07) is 10.5. The quantitative estimate of drug-likeness (QED) is 0.242. The molecule has 0 saturated carbocycles. The van der Waals surface area contributed by atoms with Crippen molar-refractivity contribution in [1.82, 2.24) is 19.7 Å². The van der Waals surface area contributed by atoms with Crippen LogP contribution < -0.4 is 15.0 Å². The average Bonchev–Trinajstić information content (AvgIpc) is 3.43. The van der Waals surface area contributed by atoms with E-state index in [0.29, 0.717) is 56.6 Å². The highest BCUT2D eigenvalue weighted by atomic mass is 35.5. The Morgan fingerprint density at radius 1 is 1.16 bits per heavy atom. The molecular formula is C21H15ClN4O4S. The lowest BCUT2D eigenvalue weighted by Crippen LogP contribution is -2.22. The van der Waals surface area contributed by atoms with Gasteiger partial charge in [0.25, 0.3) is 5.56 Å². The molecule has 2 aromatic carbocycles. The normalized spacial score (nSPS) is 12.4. The summed E-state index contributed by atoms with van der Waals surface area (Å²) in [6.45, 7) is 4.19. The molecule has 10 heteroatoms. The fraction of sp³-hybridized carbons (Fsp3) is 0.143. The number of allylic oxidation sites excluding steroid dienone is 1. The maximum atomic E-state index is 13.1. The van der Waals surface area contributed by atoms with Crippen LogP contribution in [0.4, 0.5) is 0 Å². The van der Waals surface area contributed by atoms with Gasteiger partial charge in [-0.25, -0.2) is 4.98 Å². The number of ether oxygens (including phenoxy) is 2. The van der Waals surface area contributed by atoms with Gasteiger partial charge in [0.1, 0.15) is 0 Å². The van der Waals surface area contributed by atoms with Crippen molar-refractivity contribution in [1.29, 1.82) is 0 Å². The highest BCUT2D eigenvalue weighted by molar-refractivity contribution is 7.98. The molecule has 8 nitrogen and oxygen atoms in total. The van der Waals surface area contributed by atoms with Gasteiger partial charge in [0, 0.05) is 23.2 Å². The molecule has 4 aromatic rings. The van der Waals surface area contributed by atoms with Crippen molar-refractivity contribution in [2.75, 3.05) is 6.79 Å². The Kier molecular flexibility index (Phi) is 5.13. The van der Waals surface area contributed by atoms with Crippen LogP contribution in [0, 0.1) is 0 Å². The van der Waals surface area contributed by atoms with E-state index in [2.05, 4.69) is 21.7 Å². The first-order valence-electron chi connectivity index (χ1n) is 9.29. The lowest BCUT2D eigenvalue weighted by atomic mass is 10.2. The van der Waals surface area contributed by atoms with Gasteiger partial charge in [0.15, 0.2) is 16.7 Å². The molecule has 0 amide bonds. The van der Waals surface area contributed by atoms with Crippen LogP contribution in [0.3, 0.4) is 0 Å². The van der Waals surface area contributed by atoms with Crippen molar-refractivity contribution in [3.8, 4) is 22.9 Å². The van der Waals surface area contributed by atoms with Crippen LogP contribution in [0.1, 0.15) is 5.89 Å². The monoisotopic (exact) mass is 454 g/mol. The minimum absolute atomic E-state index is 0.126. The van der Waals surface area contributed by atoms with Crippen LogP contribution in [0.25, 0.3) is 22.3 Å². The van der Waals surface area contributed by atoms with E-state index in [1.807, 2.05) is 12.1 Å². The minimum Gasteiger partial charge on any atom is -0.454 e. The van der Waals surface area contributed by atoms with Gasteiger partial charge < -0.3 is 14.0 Å². The third kappa shape index (κ3) is 3.77. The van der Waals surface area contributed by atoms with Crippen LogP contribution in [0.15, 0.2) is 63.5 Å². The van der Waals surface area contributed by atoms with E-state index in [1.54, 1.807) is 34.9 Å². The van der Waals surface area contributed by atoms with Crippen molar-refractivity contribution in [2.24, 2.45) is 0 Å². The van der Waals surface area contributed by atoms with E-state index in [4.69, 9.17) is 25.6 Å². The second-order valence-corrected chi connectivity index (χ2v) is 8.01. The van der Waals surface area contributed by atoms with Gasteiger partial charge in [-0.1, -0.05) is 34.6 Å². The SMILES string of the molecule is C=CCn1c(SCc2nc(-c3ccc(Cl)cc3)no2)nc2cc3c(cc2c1=O)OCO3. The Balaban J connectivity index is 1.45. The van der Waals surface area contributed by atoms with Gasteiger partial charge in [-0.2, -0.15) is 4.98 Å². The lowest BCUT2D eigenvalue weighted by Gasteiger charge is -2.11. The molecular weight excluding hydrogens is 440 g/mol. The number of thioether (sulfide) groups is 1. The number of hydrogen-bond acceptors (Lipinski definition) is 8. The Morgan fingerprint density at radius 2 is 1.94 bits per heavy atom. The third-order valence-electron chi connectivity index (χ3n) is 4.62. The molecule has 5 rings (SSSR count). The summed E-state index contributed by atoms with van der Waals surface area (Å²) in [5.41, 5.74) is 1.15. The Labute approximate surface area is 185 Å². The number of rotatable bonds is 6. The highest BCUT2D eigenvalue weighted by Crippen LogP contribution is 2.35. The van der Waals surface area contributed by atoms with Gasteiger partial charge in [-0.05, 0) is 30.3 Å². The van der Waals surface area contributed by atoms with Gasteiger partial charge in [-0.15, -0.1) is 6.58 Å². The Hall–Kier alpha value is -3.30. The average molecular weight is 455 g/mol. The molecule has 1 aliphatic rings. The summed E-state index contributed by atoms with van der Waals surface area (Å²) in [5.74, 6) is 2.34. The molecule has 0 bridgehead atoms. The number of aromatic nitrogens is 4. The third-order valence-corrected chi connectivity index (χ3v) is 5.83. The van der Waals surface area contributed by atoms with Gasteiger partial charge in [0.2, 0.25) is 18.5 Å². The molecule has 0 fully saturated rings. The first-order chi connectivity index (χ1) is 15.1. The zero-order valence-corrected chi connectivity index (χ0v) is 17.7. The molecule has 3 heterocycles. The number of fused-ring (bicyclic) bond motifs is 2. The second kappa shape index (κ2) is 8.09. The number of halogens is 1. The van der Waals surface area contributed by atoms with Crippen LogP contribution in [-0.4, -0.2) is 26.5 Å². The van der Waals surface area contributed by atoms with E-state index < -0.39 is 0 Å². The van der Waals surface area contributed by atoms with Crippen molar-refractivity contribution in [3.63, 3.8) is 0 Å². The second-order valence-electron chi connectivity index (χ2n) is 6.63. The van der Waals surface area contributed by atoms with Crippen LogP contribution in [0.2, 0.25) is 5.02 Å². The van der Waals surface area contributed by atoms with Gasteiger partial charge in [0.05, 0.1) is 16.7 Å². The fourth-order valence-electron chi connectivity index (χ4n) is 3.15. The highest BCUT2D eigenvalue weighted by Gasteiger charge is 2.19. The smallest absolute Gasteiger partial charge is 0.262 e. The van der Waals surface area contributed by atoms with Crippen LogP contribution >= 0.6 is 23.4 Å². The molecule has 0 N–H and O–H groups in total. The van der Waals surface area contributed by atoms with Gasteiger partial charge >= 0.3 is 0 Å². The fourth-order valence-corrected chi connectivity index (χ4v) is 4.12.